The maximum absolute atomic E-state index is 12.0. The van der Waals surface area contributed by atoms with Gasteiger partial charge in [-0.15, -0.1) is 11.8 Å². The summed E-state index contributed by atoms with van der Waals surface area (Å²) in [5.41, 5.74) is 0. The molecule has 4 atom stereocenters. The van der Waals surface area contributed by atoms with Crippen LogP contribution in [0.25, 0.3) is 0 Å². The molecule has 0 saturated carbocycles. The van der Waals surface area contributed by atoms with Crippen LogP contribution >= 0.6 is 27.7 Å². The number of carbonyl (C=O) groups excluding carboxylic acids is 2. The molecular formula is C11H12BrN3O4S. The summed E-state index contributed by atoms with van der Waals surface area (Å²) in [4.78, 5) is 36.1. The summed E-state index contributed by atoms with van der Waals surface area (Å²) in [5.74, 6) is -1.99. The van der Waals surface area contributed by atoms with Gasteiger partial charge in [0.25, 0.3) is 0 Å². The van der Waals surface area contributed by atoms with E-state index in [1.165, 1.54) is 16.7 Å². The number of thioether (sulfide) groups is 1. The normalized spacial score (nSPS) is 35.0. The van der Waals surface area contributed by atoms with Crippen LogP contribution in [-0.2, 0) is 14.4 Å². The summed E-state index contributed by atoms with van der Waals surface area (Å²) in [5, 5.41) is 20.2. The van der Waals surface area contributed by atoms with Crippen LogP contribution < -0.4 is 5.32 Å². The second-order valence-corrected chi connectivity index (χ2v) is 7.03. The fourth-order valence-electron chi connectivity index (χ4n) is 2.43. The molecule has 0 spiro atoms. The molecule has 0 radical (unpaired) electrons. The largest absolute Gasteiger partial charge is 0.480 e. The molecule has 2 saturated heterocycles. The maximum atomic E-state index is 12.0. The molecule has 2 fully saturated rings. The number of amides is 2. The van der Waals surface area contributed by atoms with E-state index in [1.807, 2.05) is 0 Å². The molecule has 2 heterocycles. The van der Waals surface area contributed by atoms with Gasteiger partial charge in [-0.05, 0) is 6.92 Å². The number of hydrogen-bond donors (Lipinski definition) is 2. The van der Waals surface area contributed by atoms with Gasteiger partial charge in [0.1, 0.15) is 23.9 Å². The molecule has 0 bridgehead atoms. The molecule has 108 valence electrons. The Morgan fingerprint density at radius 2 is 2.30 bits per heavy atom. The topological polar surface area (TPSA) is 111 Å². The number of nitrogens with one attached hydrogen (secondary N) is 1. The van der Waals surface area contributed by atoms with Gasteiger partial charge in [0.15, 0.2) is 0 Å². The molecule has 20 heavy (non-hydrogen) atoms. The van der Waals surface area contributed by atoms with Crippen LogP contribution in [0.3, 0.4) is 0 Å². The van der Waals surface area contributed by atoms with Crippen LogP contribution in [0.1, 0.15) is 13.3 Å². The molecule has 0 aromatic rings. The number of alkyl halides is 1. The highest BCUT2D eigenvalue weighted by Gasteiger charge is 2.65. The van der Waals surface area contributed by atoms with Crippen molar-refractivity contribution < 1.29 is 19.5 Å². The first kappa shape index (κ1) is 15.1. The second-order valence-electron chi connectivity index (χ2n) is 4.82. The number of carboxylic acid groups (broad SMARTS) is 1. The maximum Gasteiger partial charge on any atom is 0.327 e. The number of rotatable bonds is 4. The van der Waals surface area contributed by atoms with Crippen molar-refractivity contribution in [1.82, 2.24) is 10.2 Å². The van der Waals surface area contributed by atoms with E-state index in [-0.39, 0.29) is 6.42 Å². The van der Waals surface area contributed by atoms with E-state index in [0.29, 0.717) is 5.33 Å². The Kier molecular flexibility index (Phi) is 3.97. The Balaban J connectivity index is 2.16. The van der Waals surface area contributed by atoms with Crippen molar-refractivity contribution in [3.8, 4) is 6.07 Å². The fraction of sp³-hybridized carbons (Fsp3) is 0.636. The van der Waals surface area contributed by atoms with Gasteiger partial charge in [-0.2, -0.15) is 5.26 Å². The van der Waals surface area contributed by atoms with Crippen molar-refractivity contribution in [2.45, 2.75) is 35.5 Å². The molecule has 2 aliphatic rings. The molecule has 7 nitrogen and oxygen atoms in total. The van der Waals surface area contributed by atoms with Gasteiger partial charge in [-0.25, -0.2) is 4.79 Å². The van der Waals surface area contributed by atoms with Gasteiger partial charge in [0.2, 0.25) is 11.8 Å². The van der Waals surface area contributed by atoms with Crippen LogP contribution in [0.15, 0.2) is 0 Å². The number of aliphatic carboxylic acids is 1. The van der Waals surface area contributed by atoms with Crippen molar-refractivity contribution in [2.24, 2.45) is 0 Å². The Hall–Kier alpha value is -1.27. The number of fused-ring (bicyclic) bond motifs is 1. The van der Waals surface area contributed by atoms with E-state index in [0.717, 1.165) is 0 Å². The van der Waals surface area contributed by atoms with Crippen molar-refractivity contribution in [1.29, 1.82) is 5.26 Å². The Morgan fingerprint density at radius 1 is 1.65 bits per heavy atom. The highest BCUT2D eigenvalue weighted by molar-refractivity contribution is 9.09. The number of carboxylic acids is 1. The second kappa shape index (κ2) is 5.26. The lowest BCUT2D eigenvalue weighted by Gasteiger charge is -2.43. The summed E-state index contributed by atoms with van der Waals surface area (Å²) in [6.45, 7) is 1.77. The van der Waals surface area contributed by atoms with Crippen molar-refractivity contribution in [2.75, 3.05) is 5.33 Å². The van der Waals surface area contributed by atoms with Gasteiger partial charge in [-0.3, -0.25) is 9.59 Å². The van der Waals surface area contributed by atoms with E-state index in [9.17, 15) is 19.5 Å². The highest BCUT2D eigenvalue weighted by atomic mass is 79.9. The first-order valence-electron chi connectivity index (χ1n) is 5.81. The standard InChI is InChI=1S/C11H12BrN3O4S/c1-11(4-12)7(10(18)19)15-8(17)6(9(15)20-11)14-5(16)2-3-13/h6-7,9H,2,4H2,1H3,(H,14,16)(H,18,19). The molecule has 2 rings (SSSR count). The number of hydrogen-bond acceptors (Lipinski definition) is 5. The Morgan fingerprint density at radius 3 is 2.80 bits per heavy atom. The fourth-order valence-corrected chi connectivity index (χ4v) is 4.75. The van der Waals surface area contributed by atoms with Gasteiger partial charge < -0.3 is 15.3 Å². The molecule has 0 aromatic carbocycles. The molecule has 2 aliphatic heterocycles. The molecule has 2 N–H and O–H groups in total. The number of nitrogens with zero attached hydrogens (tertiary/aromatic N) is 2. The molecular weight excluding hydrogens is 350 g/mol. The minimum Gasteiger partial charge on any atom is -0.480 e. The number of nitriles is 1. The summed E-state index contributed by atoms with van der Waals surface area (Å²) < 4.78 is -0.652. The van der Waals surface area contributed by atoms with E-state index < -0.39 is 40.0 Å². The van der Waals surface area contributed by atoms with Crippen molar-refractivity contribution in [3.05, 3.63) is 0 Å². The van der Waals surface area contributed by atoms with Gasteiger partial charge in [-0.1, -0.05) is 15.9 Å². The predicted octanol–water partition coefficient (Wildman–Crippen LogP) is -0.0932. The third-order valence-corrected chi connectivity index (χ3v) is 6.56. The minimum atomic E-state index is -1.06. The van der Waals surface area contributed by atoms with Crippen LogP contribution in [0.5, 0.6) is 0 Å². The smallest absolute Gasteiger partial charge is 0.327 e. The summed E-state index contributed by atoms with van der Waals surface area (Å²) in [6, 6.07) is 0.0352. The van der Waals surface area contributed by atoms with Crippen LogP contribution in [0.2, 0.25) is 0 Å². The third-order valence-electron chi connectivity index (χ3n) is 3.38. The number of carbonyl (C=O) groups is 3. The highest BCUT2D eigenvalue weighted by Crippen LogP contribution is 2.51. The van der Waals surface area contributed by atoms with Crippen LogP contribution in [-0.4, -0.2) is 55.3 Å². The molecule has 0 aliphatic carbocycles. The average molecular weight is 362 g/mol. The summed E-state index contributed by atoms with van der Waals surface area (Å²) >= 11 is 4.64. The molecule has 9 heteroatoms. The van der Waals surface area contributed by atoms with Crippen molar-refractivity contribution >= 4 is 45.5 Å². The zero-order valence-corrected chi connectivity index (χ0v) is 12.9. The van der Waals surface area contributed by atoms with Gasteiger partial charge in [0, 0.05) is 5.33 Å². The molecule has 2 amide bonds. The first-order chi connectivity index (χ1) is 9.35. The van der Waals surface area contributed by atoms with Gasteiger partial charge in [0.05, 0.1) is 10.8 Å². The number of β-lactam (4-membered cyclic amide) rings is 1. The quantitative estimate of drug-likeness (QED) is 0.534. The lowest BCUT2D eigenvalue weighted by molar-refractivity contribution is -0.161. The monoisotopic (exact) mass is 361 g/mol. The van der Waals surface area contributed by atoms with E-state index in [4.69, 9.17) is 5.26 Å². The lowest BCUT2D eigenvalue weighted by Crippen LogP contribution is -2.70. The third kappa shape index (κ3) is 2.16. The SMILES string of the molecule is CC1(CBr)SC2C(NC(=O)CC#N)C(=O)N2C1C(=O)O. The Labute approximate surface area is 127 Å². The van der Waals surface area contributed by atoms with Crippen LogP contribution in [0.4, 0.5) is 0 Å². The zero-order valence-electron chi connectivity index (χ0n) is 10.5. The van der Waals surface area contributed by atoms with E-state index in [1.54, 1.807) is 13.0 Å². The lowest BCUT2D eigenvalue weighted by atomic mass is 9.96. The first-order valence-corrected chi connectivity index (χ1v) is 7.81. The van der Waals surface area contributed by atoms with Crippen LogP contribution in [0, 0.1) is 11.3 Å². The van der Waals surface area contributed by atoms with E-state index >= 15 is 0 Å². The number of halogens is 1. The summed E-state index contributed by atoms with van der Waals surface area (Å²) in [7, 11) is 0. The Bertz CT molecular complexity index is 522. The van der Waals surface area contributed by atoms with Gasteiger partial charge >= 0.3 is 5.97 Å². The van der Waals surface area contributed by atoms with E-state index in [2.05, 4.69) is 21.2 Å². The molecule has 4 unspecified atom stereocenters. The average Bonchev–Trinajstić information content (AvgIpc) is 2.68. The van der Waals surface area contributed by atoms with Crippen molar-refractivity contribution in [3.63, 3.8) is 0 Å². The molecule has 0 aromatic heterocycles. The summed E-state index contributed by atoms with van der Waals surface area (Å²) in [6.07, 6.45) is -0.320. The zero-order chi connectivity index (χ0) is 15.1. The minimum absolute atomic E-state index is 0.320. The predicted molar refractivity (Wildman–Crippen MR) is 74.0 cm³/mol.